The van der Waals surface area contributed by atoms with Gasteiger partial charge in [0.15, 0.2) is 10.3 Å². The molecule has 1 atom stereocenters. The SMILES string of the molecule is CC(C)(O)C1CN(c2nccc(Sc3ncc(N4CCC5(CC4)Oc4sc(Cl)nc4[C@H]5N)nc3N)c2Cl)C1. The van der Waals surface area contributed by atoms with Crippen molar-refractivity contribution in [2.24, 2.45) is 11.7 Å². The van der Waals surface area contributed by atoms with Gasteiger partial charge in [-0.1, -0.05) is 46.3 Å². The van der Waals surface area contributed by atoms with Crippen LogP contribution in [0.15, 0.2) is 28.4 Å². The van der Waals surface area contributed by atoms with Gasteiger partial charge in [-0.2, -0.15) is 0 Å². The lowest BCUT2D eigenvalue weighted by Gasteiger charge is -2.46. The average molecular weight is 596 g/mol. The lowest BCUT2D eigenvalue weighted by Crippen LogP contribution is -2.56. The highest BCUT2D eigenvalue weighted by Gasteiger charge is 2.50. The second-order valence-corrected chi connectivity index (χ2v) is 13.4. The second kappa shape index (κ2) is 9.53. The quantitative estimate of drug-likeness (QED) is 0.394. The largest absolute Gasteiger partial charge is 0.474 e. The van der Waals surface area contributed by atoms with Gasteiger partial charge in [0.25, 0.3) is 0 Å². The van der Waals surface area contributed by atoms with Crippen molar-refractivity contribution in [3.63, 3.8) is 0 Å². The third-order valence-corrected chi connectivity index (χ3v) is 10.3. The number of aromatic nitrogens is 4. The number of hydrogen-bond acceptors (Lipinski definition) is 12. The van der Waals surface area contributed by atoms with E-state index in [-0.39, 0.29) is 12.0 Å². The molecule has 0 aliphatic carbocycles. The normalized spacial score (nSPS) is 20.9. The molecule has 6 heterocycles. The number of aliphatic hydroxyl groups is 1. The number of rotatable bonds is 5. The van der Waals surface area contributed by atoms with E-state index in [2.05, 4.69) is 29.7 Å². The molecule has 14 heteroatoms. The summed E-state index contributed by atoms with van der Waals surface area (Å²) in [6, 6.07) is 1.54. The van der Waals surface area contributed by atoms with Crippen molar-refractivity contribution in [1.82, 2.24) is 19.9 Å². The first-order valence-electron chi connectivity index (χ1n) is 12.3. The molecular weight excluding hydrogens is 567 g/mol. The first-order chi connectivity index (χ1) is 18.0. The van der Waals surface area contributed by atoms with E-state index in [1.807, 2.05) is 19.9 Å². The first-order valence-corrected chi connectivity index (χ1v) is 14.7. The van der Waals surface area contributed by atoms with Gasteiger partial charge in [-0.3, -0.25) is 0 Å². The Hall–Kier alpha value is -2.09. The second-order valence-electron chi connectivity index (χ2n) is 10.5. The summed E-state index contributed by atoms with van der Waals surface area (Å²) in [4.78, 5) is 23.1. The van der Waals surface area contributed by atoms with Gasteiger partial charge in [-0.05, 0) is 19.9 Å². The Labute approximate surface area is 238 Å². The summed E-state index contributed by atoms with van der Waals surface area (Å²) in [5.41, 5.74) is 12.4. The van der Waals surface area contributed by atoms with E-state index in [1.54, 1.807) is 12.4 Å². The third kappa shape index (κ3) is 4.54. The number of thiazole rings is 1. The van der Waals surface area contributed by atoms with E-state index in [0.29, 0.717) is 58.1 Å². The smallest absolute Gasteiger partial charge is 0.201 e. The summed E-state index contributed by atoms with van der Waals surface area (Å²) < 4.78 is 6.71. The molecule has 38 heavy (non-hydrogen) atoms. The molecule has 1 spiro atoms. The van der Waals surface area contributed by atoms with E-state index >= 15 is 0 Å². The Morgan fingerprint density at radius 1 is 1.18 bits per heavy atom. The van der Waals surface area contributed by atoms with Crippen LogP contribution in [0.5, 0.6) is 5.06 Å². The number of fused-ring (bicyclic) bond motifs is 1. The van der Waals surface area contributed by atoms with Gasteiger partial charge < -0.3 is 31.1 Å². The molecule has 3 aromatic rings. The summed E-state index contributed by atoms with van der Waals surface area (Å²) >= 11 is 15.4. The number of nitrogen functional groups attached to an aromatic ring is 1. The van der Waals surface area contributed by atoms with Crippen molar-refractivity contribution in [3.05, 3.63) is 33.6 Å². The zero-order valence-electron chi connectivity index (χ0n) is 20.9. The number of anilines is 3. The molecule has 6 rings (SSSR count). The predicted molar refractivity (Wildman–Crippen MR) is 151 cm³/mol. The van der Waals surface area contributed by atoms with Crippen LogP contribution in [0.3, 0.4) is 0 Å². The van der Waals surface area contributed by atoms with Crippen molar-refractivity contribution < 1.29 is 9.84 Å². The van der Waals surface area contributed by atoms with Gasteiger partial charge >= 0.3 is 0 Å². The van der Waals surface area contributed by atoms with Gasteiger partial charge in [0, 0.05) is 56.0 Å². The molecule has 2 fully saturated rings. The molecule has 3 aliphatic rings. The van der Waals surface area contributed by atoms with Crippen LogP contribution < -0.4 is 26.0 Å². The maximum Gasteiger partial charge on any atom is 0.201 e. The molecule has 0 aromatic carbocycles. The highest BCUT2D eigenvalue weighted by Crippen LogP contribution is 2.50. The van der Waals surface area contributed by atoms with Gasteiger partial charge in [0.05, 0.1) is 22.9 Å². The molecule has 202 valence electrons. The lowest BCUT2D eigenvalue weighted by atomic mass is 9.84. The number of piperidine rings is 1. The molecule has 0 amide bonds. The highest BCUT2D eigenvalue weighted by molar-refractivity contribution is 7.99. The van der Waals surface area contributed by atoms with Crippen molar-refractivity contribution in [1.29, 1.82) is 0 Å². The molecule has 3 aliphatic heterocycles. The van der Waals surface area contributed by atoms with E-state index in [0.717, 1.165) is 28.5 Å². The lowest BCUT2D eigenvalue weighted by molar-refractivity contribution is 0.00438. The van der Waals surface area contributed by atoms with Crippen LogP contribution in [-0.2, 0) is 0 Å². The minimum Gasteiger partial charge on any atom is -0.474 e. The van der Waals surface area contributed by atoms with Crippen LogP contribution in [0.1, 0.15) is 38.4 Å². The molecule has 0 unspecified atom stereocenters. The Morgan fingerprint density at radius 2 is 1.92 bits per heavy atom. The van der Waals surface area contributed by atoms with Crippen molar-refractivity contribution >= 4 is 63.8 Å². The Balaban J connectivity index is 1.11. The molecule has 3 aromatic heterocycles. The zero-order chi connectivity index (χ0) is 26.8. The Bertz CT molecular complexity index is 1370. The minimum absolute atomic E-state index is 0.175. The summed E-state index contributed by atoms with van der Waals surface area (Å²) in [6.07, 6.45) is 4.92. The molecule has 0 radical (unpaired) electrons. The fourth-order valence-corrected chi connectivity index (χ4v) is 7.32. The fraction of sp³-hybridized carbons (Fsp3) is 0.500. The molecule has 5 N–H and O–H groups in total. The van der Waals surface area contributed by atoms with Gasteiger partial charge in [-0.15, -0.1) is 0 Å². The summed E-state index contributed by atoms with van der Waals surface area (Å²) in [6.45, 7) is 6.47. The fourth-order valence-electron chi connectivity index (χ4n) is 5.12. The number of halogens is 2. The Morgan fingerprint density at radius 3 is 2.58 bits per heavy atom. The van der Waals surface area contributed by atoms with Crippen LogP contribution in [-0.4, -0.2) is 62.4 Å². The molecule has 10 nitrogen and oxygen atoms in total. The van der Waals surface area contributed by atoms with Crippen molar-refractivity contribution in [2.45, 2.75) is 53.9 Å². The number of nitrogens with two attached hydrogens (primary N) is 2. The standard InChI is InChI=1S/C24H28Cl2N8O2S2/c1-23(2,35)12-10-34(11-12)19-15(25)13(3-6-29-19)37-20-18(28)31-14(9-30-20)33-7-4-24(5-8-33)17(27)16-21(36-24)38-22(26)32-16/h3,6,9,12,17,35H,4-5,7-8,10-11,27H2,1-2H3,(H2,28,31)/t17-/m1/s1. The van der Waals surface area contributed by atoms with E-state index in [4.69, 9.17) is 39.4 Å². The predicted octanol–water partition coefficient (Wildman–Crippen LogP) is 4.01. The first kappa shape index (κ1) is 26.1. The third-order valence-electron chi connectivity index (χ3n) is 7.66. The number of nitrogens with zero attached hydrogens (tertiary/aromatic N) is 6. The maximum absolute atomic E-state index is 10.2. The van der Waals surface area contributed by atoms with Crippen molar-refractivity contribution in [3.8, 4) is 5.06 Å². The van der Waals surface area contributed by atoms with Crippen LogP contribution in [0, 0.1) is 5.92 Å². The van der Waals surface area contributed by atoms with Gasteiger partial charge in [0.2, 0.25) is 5.06 Å². The van der Waals surface area contributed by atoms with Crippen molar-refractivity contribution in [2.75, 3.05) is 41.7 Å². The minimum atomic E-state index is -0.731. The number of ether oxygens (including phenoxy) is 1. The highest BCUT2D eigenvalue weighted by atomic mass is 35.5. The summed E-state index contributed by atoms with van der Waals surface area (Å²) in [5.74, 6) is 1.92. The summed E-state index contributed by atoms with van der Waals surface area (Å²) in [7, 11) is 0. The maximum atomic E-state index is 10.2. The van der Waals surface area contributed by atoms with E-state index in [1.165, 1.54) is 23.1 Å². The van der Waals surface area contributed by atoms with Crippen LogP contribution in [0.25, 0.3) is 0 Å². The topological polar surface area (TPSA) is 140 Å². The van der Waals surface area contributed by atoms with Crippen LogP contribution in [0.2, 0.25) is 9.49 Å². The van der Waals surface area contributed by atoms with Crippen LogP contribution in [0.4, 0.5) is 17.5 Å². The zero-order valence-corrected chi connectivity index (χ0v) is 24.0. The van der Waals surface area contributed by atoms with E-state index < -0.39 is 11.2 Å². The average Bonchev–Trinajstić information content (AvgIpc) is 3.30. The number of hydrogen-bond donors (Lipinski definition) is 3. The molecule has 0 bridgehead atoms. The van der Waals surface area contributed by atoms with Crippen LogP contribution >= 0.6 is 46.3 Å². The molecule has 0 saturated carbocycles. The summed E-state index contributed by atoms with van der Waals surface area (Å²) in [5, 5.41) is 12.1. The van der Waals surface area contributed by atoms with Gasteiger partial charge in [-0.25, -0.2) is 19.9 Å². The molecule has 2 saturated heterocycles. The molecular formula is C24H28Cl2N8O2S2. The van der Waals surface area contributed by atoms with E-state index in [9.17, 15) is 5.11 Å². The number of pyridine rings is 1. The monoisotopic (exact) mass is 594 g/mol. The van der Waals surface area contributed by atoms with Gasteiger partial charge in [0.1, 0.15) is 28.0 Å². The Kier molecular flexibility index (Phi) is 6.56.